The van der Waals surface area contributed by atoms with Crippen LogP contribution < -0.4 is 0 Å². The van der Waals surface area contributed by atoms with Gasteiger partial charge in [-0.1, -0.05) is 17.8 Å². The van der Waals surface area contributed by atoms with E-state index in [0.29, 0.717) is 16.7 Å². The largest absolute Gasteiger partial charge is 0.115 e. The molecule has 1 radical (unpaired) electrons. The SMILES string of the molecule is C#Cc1c[c]cc(C#C)c1C#C. The van der Waals surface area contributed by atoms with Gasteiger partial charge in [0.15, 0.2) is 0 Å². The molecule has 0 aliphatic heterocycles. The van der Waals surface area contributed by atoms with Crippen molar-refractivity contribution in [3.8, 4) is 37.0 Å². The Morgan fingerprint density at radius 2 is 1.42 bits per heavy atom. The Morgan fingerprint density at radius 3 is 1.75 bits per heavy atom. The summed E-state index contributed by atoms with van der Waals surface area (Å²) in [6.07, 6.45) is 15.7. The van der Waals surface area contributed by atoms with Crippen LogP contribution in [-0.4, -0.2) is 0 Å². The van der Waals surface area contributed by atoms with E-state index in [1.54, 1.807) is 12.1 Å². The van der Waals surface area contributed by atoms with E-state index in [4.69, 9.17) is 19.3 Å². The van der Waals surface area contributed by atoms with E-state index < -0.39 is 0 Å². The van der Waals surface area contributed by atoms with Crippen molar-refractivity contribution in [3.63, 3.8) is 0 Å². The van der Waals surface area contributed by atoms with E-state index in [-0.39, 0.29) is 0 Å². The van der Waals surface area contributed by atoms with Gasteiger partial charge >= 0.3 is 0 Å². The average Bonchev–Trinajstić information content (AvgIpc) is 2.16. The molecular weight excluding hydrogens is 144 g/mol. The van der Waals surface area contributed by atoms with Crippen molar-refractivity contribution in [2.24, 2.45) is 0 Å². The van der Waals surface area contributed by atoms with Gasteiger partial charge in [-0.05, 0) is 18.2 Å². The number of rotatable bonds is 0. The summed E-state index contributed by atoms with van der Waals surface area (Å²) in [5.41, 5.74) is 1.83. The molecule has 0 unspecified atom stereocenters. The third-order valence-electron chi connectivity index (χ3n) is 1.45. The van der Waals surface area contributed by atoms with Gasteiger partial charge in [-0.25, -0.2) is 0 Å². The van der Waals surface area contributed by atoms with Gasteiger partial charge in [-0.15, -0.1) is 19.3 Å². The Labute approximate surface area is 72.6 Å². The summed E-state index contributed by atoms with van der Waals surface area (Å²) in [5, 5.41) is 0. The van der Waals surface area contributed by atoms with Crippen LogP contribution in [-0.2, 0) is 0 Å². The average molecular weight is 149 g/mol. The molecule has 0 bridgehead atoms. The van der Waals surface area contributed by atoms with Gasteiger partial charge in [0.2, 0.25) is 0 Å². The summed E-state index contributed by atoms with van der Waals surface area (Å²) in [6, 6.07) is 6.12. The maximum atomic E-state index is 5.25. The van der Waals surface area contributed by atoms with Crippen LogP contribution in [0.25, 0.3) is 0 Å². The Kier molecular flexibility index (Phi) is 2.23. The molecule has 12 heavy (non-hydrogen) atoms. The highest BCUT2D eigenvalue weighted by Crippen LogP contribution is 2.10. The number of hydrogen-bond donors (Lipinski definition) is 0. The molecule has 1 aromatic carbocycles. The van der Waals surface area contributed by atoms with E-state index in [2.05, 4.69) is 23.8 Å². The minimum Gasteiger partial charge on any atom is -0.115 e. The summed E-state index contributed by atoms with van der Waals surface area (Å²) < 4.78 is 0. The molecule has 0 aliphatic carbocycles. The molecule has 0 saturated heterocycles. The second kappa shape index (κ2) is 3.34. The molecule has 0 fully saturated rings. The number of benzene rings is 1. The van der Waals surface area contributed by atoms with Crippen LogP contribution in [0.1, 0.15) is 16.7 Å². The molecular formula is C12H5. The van der Waals surface area contributed by atoms with Gasteiger partial charge in [-0.3, -0.25) is 0 Å². The summed E-state index contributed by atoms with van der Waals surface area (Å²) >= 11 is 0. The fourth-order valence-electron chi connectivity index (χ4n) is 0.881. The topological polar surface area (TPSA) is 0 Å². The maximum Gasteiger partial charge on any atom is 0.0555 e. The van der Waals surface area contributed by atoms with Crippen molar-refractivity contribution in [1.29, 1.82) is 0 Å². The maximum absolute atomic E-state index is 5.25. The molecule has 0 heterocycles. The molecule has 0 aliphatic rings. The normalized spacial score (nSPS) is 7.75. The van der Waals surface area contributed by atoms with Crippen LogP contribution in [0.5, 0.6) is 0 Å². The molecule has 53 valence electrons. The van der Waals surface area contributed by atoms with Gasteiger partial charge in [0.25, 0.3) is 0 Å². The molecule has 0 N–H and O–H groups in total. The predicted molar refractivity (Wildman–Crippen MR) is 49.1 cm³/mol. The van der Waals surface area contributed by atoms with Crippen molar-refractivity contribution in [2.45, 2.75) is 0 Å². The number of terminal acetylenes is 3. The smallest absolute Gasteiger partial charge is 0.0555 e. The monoisotopic (exact) mass is 149 g/mol. The predicted octanol–water partition coefficient (Wildman–Crippen LogP) is 1.43. The van der Waals surface area contributed by atoms with Crippen LogP contribution in [0.3, 0.4) is 0 Å². The molecule has 0 nitrogen and oxygen atoms in total. The van der Waals surface area contributed by atoms with Gasteiger partial charge < -0.3 is 0 Å². The molecule has 1 aromatic rings. The summed E-state index contributed by atoms with van der Waals surface area (Å²) in [5.74, 6) is 7.36. The highest BCUT2D eigenvalue weighted by molar-refractivity contribution is 5.57. The fourth-order valence-corrected chi connectivity index (χ4v) is 0.881. The van der Waals surface area contributed by atoms with E-state index in [1.165, 1.54) is 0 Å². The minimum absolute atomic E-state index is 0.596. The van der Waals surface area contributed by atoms with Crippen LogP contribution in [0.4, 0.5) is 0 Å². The first-order chi connectivity index (χ1) is 5.83. The molecule has 0 spiro atoms. The van der Waals surface area contributed by atoms with E-state index in [0.717, 1.165) is 0 Å². The number of hydrogen-bond acceptors (Lipinski definition) is 0. The highest BCUT2D eigenvalue weighted by Gasteiger charge is 2.00. The van der Waals surface area contributed by atoms with Gasteiger partial charge in [0.1, 0.15) is 0 Å². The van der Waals surface area contributed by atoms with Crippen LogP contribution in [0.2, 0.25) is 0 Å². The Bertz CT molecular complexity index is 385. The Hall–Kier alpha value is -2.10. The lowest BCUT2D eigenvalue weighted by Crippen LogP contribution is -1.88. The van der Waals surface area contributed by atoms with Gasteiger partial charge in [0.05, 0.1) is 5.56 Å². The first-order valence-corrected chi connectivity index (χ1v) is 3.27. The first kappa shape index (κ1) is 8.00. The second-order valence-electron chi connectivity index (χ2n) is 2.09. The molecule has 0 heteroatoms. The standard InChI is InChI=1S/C12H5/c1-4-10-8-7-9-11(5-2)12(10)6-3/h1-3,8-9H. The molecule has 0 amide bonds. The highest BCUT2D eigenvalue weighted by atomic mass is 14.0. The minimum atomic E-state index is 0.596. The Balaban J connectivity index is 3.51. The summed E-state index contributed by atoms with van der Waals surface area (Å²) in [4.78, 5) is 0. The molecule has 0 atom stereocenters. The van der Waals surface area contributed by atoms with Crippen molar-refractivity contribution < 1.29 is 0 Å². The van der Waals surface area contributed by atoms with E-state index in [1.807, 2.05) is 0 Å². The first-order valence-electron chi connectivity index (χ1n) is 3.27. The Morgan fingerprint density at radius 1 is 0.917 bits per heavy atom. The van der Waals surface area contributed by atoms with Gasteiger partial charge in [0, 0.05) is 11.1 Å². The quantitative estimate of drug-likeness (QED) is 0.489. The zero-order chi connectivity index (χ0) is 8.97. The van der Waals surface area contributed by atoms with Crippen molar-refractivity contribution in [2.75, 3.05) is 0 Å². The van der Waals surface area contributed by atoms with Crippen molar-refractivity contribution in [1.82, 2.24) is 0 Å². The van der Waals surface area contributed by atoms with Crippen molar-refractivity contribution in [3.05, 3.63) is 34.9 Å². The second-order valence-corrected chi connectivity index (χ2v) is 2.09. The summed E-state index contributed by atoms with van der Waals surface area (Å²) in [6.45, 7) is 0. The van der Waals surface area contributed by atoms with E-state index >= 15 is 0 Å². The molecule has 0 saturated carbocycles. The lowest BCUT2D eigenvalue weighted by molar-refractivity contribution is 1.54. The summed E-state index contributed by atoms with van der Waals surface area (Å²) in [7, 11) is 0. The zero-order valence-corrected chi connectivity index (χ0v) is 6.39. The van der Waals surface area contributed by atoms with Gasteiger partial charge in [-0.2, -0.15) is 0 Å². The molecule has 0 aromatic heterocycles. The van der Waals surface area contributed by atoms with E-state index in [9.17, 15) is 0 Å². The third kappa shape index (κ3) is 1.17. The van der Waals surface area contributed by atoms with Crippen LogP contribution >= 0.6 is 0 Å². The lowest BCUT2D eigenvalue weighted by atomic mass is 10.0. The third-order valence-corrected chi connectivity index (χ3v) is 1.45. The fraction of sp³-hybridized carbons (Fsp3) is 0. The van der Waals surface area contributed by atoms with Crippen molar-refractivity contribution >= 4 is 0 Å². The molecule has 1 rings (SSSR count). The van der Waals surface area contributed by atoms with Crippen LogP contribution in [0.15, 0.2) is 12.1 Å². The lowest BCUT2D eigenvalue weighted by Gasteiger charge is -1.98. The van der Waals surface area contributed by atoms with Crippen LogP contribution in [0, 0.1) is 43.1 Å². The zero-order valence-electron chi connectivity index (χ0n) is 6.39.